The van der Waals surface area contributed by atoms with E-state index in [9.17, 15) is 13.6 Å². The number of allylic oxidation sites excluding steroid dienone is 1. The molecule has 0 aromatic heterocycles. The first-order chi connectivity index (χ1) is 11.4. The first-order valence-corrected chi connectivity index (χ1v) is 7.95. The number of benzene rings is 1. The molecule has 0 N–H and O–H groups in total. The number of ether oxygens (including phenoxy) is 1. The summed E-state index contributed by atoms with van der Waals surface area (Å²) >= 11 is 5.92. The van der Waals surface area contributed by atoms with Gasteiger partial charge in [-0.3, -0.25) is 4.79 Å². The van der Waals surface area contributed by atoms with Gasteiger partial charge in [-0.15, -0.1) is 17.5 Å². The van der Waals surface area contributed by atoms with E-state index in [0.29, 0.717) is 23.4 Å². The van der Waals surface area contributed by atoms with Crippen molar-refractivity contribution in [2.24, 2.45) is 0 Å². The van der Waals surface area contributed by atoms with Gasteiger partial charge in [-0.1, -0.05) is 12.0 Å². The summed E-state index contributed by atoms with van der Waals surface area (Å²) in [7, 11) is 0. The van der Waals surface area contributed by atoms with Crippen LogP contribution in [0.1, 0.15) is 24.5 Å². The second-order valence-corrected chi connectivity index (χ2v) is 5.85. The largest absolute Gasteiger partial charge is 0.481 e. The first-order valence-electron chi connectivity index (χ1n) is 7.51. The first kappa shape index (κ1) is 18.3. The fraction of sp³-hybridized carbons (Fsp3) is 0.389. The number of alkyl halides is 3. The van der Waals surface area contributed by atoms with Crippen LogP contribution >= 0.6 is 11.6 Å². The second-order valence-electron chi connectivity index (χ2n) is 5.32. The van der Waals surface area contributed by atoms with Gasteiger partial charge in [0.05, 0.1) is 6.54 Å². The second kappa shape index (κ2) is 8.16. The number of carbonyl (C=O) groups is 1. The molecule has 24 heavy (non-hydrogen) atoms. The zero-order chi connectivity index (χ0) is 17.7. The SMILES string of the molecule is CC#CCOc1ccc(C2=CCC(Cl)C(=O)N2CC(F)F)c(C)c1. The van der Waals surface area contributed by atoms with Crippen molar-refractivity contribution in [1.29, 1.82) is 0 Å². The van der Waals surface area contributed by atoms with E-state index in [1.165, 1.54) is 0 Å². The fourth-order valence-electron chi connectivity index (χ4n) is 2.50. The number of amides is 1. The van der Waals surface area contributed by atoms with Crippen LogP contribution in [0.15, 0.2) is 24.3 Å². The van der Waals surface area contributed by atoms with Gasteiger partial charge < -0.3 is 9.64 Å². The quantitative estimate of drug-likeness (QED) is 0.594. The molecular formula is C18H18ClF2NO2. The van der Waals surface area contributed by atoms with E-state index < -0.39 is 24.3 Å². The highest BCUT2D eigenvalue weighted by Gasteiger charge is 2.32. The van der Waals surface area contributed by atoms with Gasteiger partial charge in [0, 0.05) is 11.3 Å². The fourth-order valence-corrected chi connectivity index (χ4v) is 2.71. The van der Waals surface area contributed by atoms with Gasteiger partial charge in [-0.05, 0) is 44.0 Å². The number of aryl methyl sites for hydroxylation is 1. The minimum atomic E-state index is -2.63. The number of rotatable bonds is 5. The Kier molecular flexibility index (Phi) is 6.22. The Morgan fingerprint density at radius 1 is 1.46 bits per heavy atom. The van der Waals surface area contributed by atoms with Gasteiger partial charge >= 0.3 is 0 Å². The standard InChI is InChI=1S/C18H18ClF2NO2/c1-3-4-9-24-13-5-6-14(12(2)10-13)16-8-7-15(19)18(23)22(16)11-17(20)21/h5-6,8,10,15,17H,7,9,11H2,1-2H3. The zero-order valence-electron chi connectivity index (χ0n) is 13.5. The number of hydrogen-bond acceptors (Lipinski definition) is 2. The number of hydrogen-bond donors (Lipinski definition) is 0. The lowest BCUT2D eigenvalue weighted by molar-refractivity contribution is -0.129. The Morgan fingerprint density at radius 2 is 2.21 bits per heavy atom. The van der Waals surface area contributed by atoms with Crippen LogP contribution in [0.5, 0.6) is 5.75 Å². The molecular weight excluding hydrogens is 336 g/mol. The summed E-state index contributed by atoms with van der Waals surface area (Å²) in [4.78, 5) is 13.2. The smallest absolute Gasteiger partial charge is 0.256 e. The molecule has 1 amide bonds. The molecule has 1 unspecified atom stereocenters. The topological polar surface area (TPSA) is 29.5 Å². The summed E-state index contributed by atoms with van der Waals surface area (Å²) in [6, 6.07) is 5.29. The molecule has 0 bridgehead atoms. The Morgan fingerprint density at radius 3 is 2.83 bits per heavy atom. The molecule has 6 heteroatoms. The highest BCUT2D eigenvalue weighted by Crippen LogP contribution is 2.32. The predicted molar refractivity (Wildman–Crippen MR) is 90.1 cm³/mol. The van der Waals surface area contributed by atoms with Gasteiger partial charge in [0.15, 0.2) is 0 Å². The number of carbonyl (C=O) groups excluding carboxylic acids is 1. The van der Waals surface area contributed by atoms with Crippen LogP contribution in [0.4, 0.5) is 8.78 Å². The van der Waals surface area contributed by atoms with Crippen LogP contribution in [0.2, 0.25) is 0 Å². The molecule has 0 fully saturated rings. The van der Waals surface area contributed by atoms with Gasteiger partial charge in [0.2, 0.25) is 5.91 Å². The van der Waals surface area contributed by atoms with Gasteiger partial charge in [0.1, 0.15) is 17.7 Å². The average Bonchev–Trinajstić information content (AvgIpc) is 2.53. The van der Waals surface area contributed by atoms with E-state index >= 15 is 0 Å². The van der Waals surface area contributed by atoms with Crippen LogP contribution in [-0.4, -0.2) is 35.8 Å². The minimum absolute atomic E-state index is 0.280. The highest BCUT2D eigenvalue weighted by atomic mass is 35.5. The van der Waals surface area contributed by atoms with Crippen molar-refractivity contribution in [2.45, 2.75) is 32.1 Å². The molecule has 1 atom stereocenters. The lowest BCUT2D eigenvalue weighted by Crippen LogP contribution is -2.41. The zero-order valence-corrected chi connectivity index (χ0v) is 14.2. The van der Waals surface area contributed by atoms with Crippen molar-refractivity contribution in [1.82, 2.24) is 4.90 Å². The van der Waals surface area contributed by atoms with E-state index in [0.717, 1.165) is 10.5 Å². The van der Waals surface area contributed by atoms with E-state index in [4.69, 9.17) is 16.3 Å². The van der Waals surface area contributed by atoms with Crippen molar-refractivity contribution in [3.05, 3.63) is 35.4 Å². The molecule has 2 rings (SSSR count). The summed E-state index contributed by atoms with van der Waals surface area (Å²) in [6.07, 6.45) is -0.582. The molecule has 1 aromatic carbocycles. The lowest BCUT2D eigenvalue weighted by Gasteiger charge is -2.31. The van der Waals surface area contributed by atoms with Gasteiger partial charge in [-0.2, -0.15) is 0 Å². The van der Waals surface area contributed by atoms with E-state index in [-0.39, 0.29) is 6.61 Å². The Balaban J connectivity index is 2.30. The maximum absolute atomic E-state index is 12.8. The number of halogens is 3. The normalized spacial score (nSPS) is 17.4. The van der Waals surface area contributed by atoms with Crippen LogP contribution in [0.3, 0.4) is 0 Å². The van der Waals surface area contributed by atoms with Crippen molar-refractivity contribution in [2.75, 3.05) is 13.2 Å². The predicted octanol–water partition coefficient (Wildman–Crippen LogP) is 3.84. The summed E-state index contributed by atoms with van der Waals surface area (Å²) in [5.41, 5.74) is 2.00. The third-order valence-electron chi connectivity index (χ3n) is 3.63. The van der Waals surface area contributed by atoms with Crippen molar-refractivity contribution < 1.29 is 18.3 Å². The van der Waals surface area contributed by atoms with Crippen LogP contribution < -0.4 is 4.74 Å². The van der Waals surface area contributed by atoms with Gasteiger partial charge in [-0.25, -0.2) is 8.78 Å². The maximum Gasteiger partial charge on any atom is 0.256 e. The van der Waals surface area contributed by atoms with E-state index in [1.807, 2.05) is 6.92 Å². The Labute approximate surface area is 145 Å². The molecule has 0 saturated carbocycles. The monoisotopic (exact) mass is 353 g/mol. The third-order valence-corrected chi connectivity index (χ3v) is 3.99. The highest BCUT2D eigenvalue weighted by molar-refractivity contribution is 6.31. The summed E-state index contributed by atoms with van der Waals surface area (Å²) in [5, 5.41) is -0.803. The Hall–Kier alpha value is -2.06. The molecule has 0 aliphatic carbocycles. The van der Waals surface area contributed by atoms with Crippen LogP contribution in [0, 0.1) is 18.8 Å². The van der Waals surface area contributed by atoms with Crippen molar-refractivity contribution >= 4 is 23.2 Å². The molecule has 1 aliphatic rings. The molecule has 1 aromatic rings. The summed E-state index contributed by atoms with van der Waals surface area (Å²) in [6.45, 7) is 3.18. The Bertz CT molecular complexity index is 707. The molecule has 1 heterocycles. The van der Waals surface area contributed by atoms with Crippen molar-refractivity contribution in [3.8, 4) is 17.6 Å². The van der Waals surface area contributed by atoms with E-state index in [2.05, 4.69) is 11.8 Å². The molecule has 1 aliphatic heterocycles. The molecule has 3 nitrogen and oxygen atoms in total. The van der Waals surface area contributed by atoms with Gasteiger partial charge in [0.25, 0.3) is 6.43 Å². The summed E-state index contributed by atoms with van der Waals surface area (Å²) < 4.78 is 31.2. The molecule has 128 valence electrons. The molecule has 0 radical (unpaired) electrons. The van der Waals surface area contributed by atoms with E-state index in [1.54, 1.807) is 31.2 Å². The maximum atomic E-state index is 12.8. The number of nitrogens with zero attached hydrogens (tertiary/aromatic N) is 1. The van der Waals surface area contributed by atoms with Crippen molar-refractivity contribution in [3.63, 3.8) is 0 Å². The average molecular weight is 354 g/mol. The summed E-state index contributed by atoms with van der Waals surface area (Å²) in [5.74, 6) is 5.68. The van der Waals surface area contributed by atoms with Crippen LogP contribution in [0.25, 0.3) is 5.70 Å². The van der Waals surface area contributed by atoms with Crippen LogP contribution in [-0.2, 0) is 4.79 Å². The molecule has 0 spiro atoms. The minimum Gasteiger partial charge on any atom is -0.481 e. The lowest BCUT2D eigenvalue weighted by atomic mass is 9.99. The third kappa shape index (κ3) is 4.27. The molecule has 0 saturated heterocycles.